The Morgan fingerprint density at radius 2 is 2.06 bits per heavy atom. The molecule has 4 nitrogen and oxygen atoms in total. The fraction of sp³-hybridized carbons (Fsp3) is 0.714. The van der Waals surface area contributed by atoms with Crippen molar-refractivity contribution in [2.24, 2.45) is 0 Å². The lowest BCUT2D eigenvalue weighted by atomic mass is 9.92. The molecule has 0 atom stereocenters. The van der Waals surface area contributed by atoms with Gasteiger partial charge in [-0.05, 0) is 37.7 Å². The summed E-state index contributed by atoms with van der Waals surface area (Å²) < 4.78 is 10.6. The summed E-state index contributed by atoms with van der Waals surface area (Å²) >= 11 is 0. The number of carbonyl (C=O) groups is 1. The maximum absolute atomic E-state index is 11.5. The van der Waals surface area contributed by atoms with Crippen molar-refractivity contribution < 1.29 is 14.3 Å². The van der Waals surface area contributed by atoms with Crippen molar-refractivity contribution in [3.63, 3.8) is 0 Å². The minimum atomic E-state index is -0.519. The van der Waals surface area contributed by atoms with Crippen molar-refractivity contribution >= 4 is 5.97 Å². The topological polar surface area (TPSA) is 59.3 Å². The number of ether oxygens (including phenoxy) is 2. The molecule has 0 N–H and O–H groups in total. The maximum atomic E-state index is 11.5. The standard InChI is InChI=1S/C14H19NO3/c1-17-13(16)12(10-15)11-4-8-14(18-9-5-11)6-2-3-7-14/h2-9H2,1H3/b12-11+. The molecule has 1 saturated carbocycles. The Morgan fingerprint density at radius 1 is 1.33 bits per heavy atom. The van der Waals surface area contributed by atoms with Crippen LogP contribution < -0.4 is 0 Å². The Kier molecular flexibility index (Phi) is 4.03. The van der Waals surface area contributed by atoms with Crippen LogP contribution in [0.25, 0.3) is 0 Å². The largest absolute Gasteiger partial charge is 0.465 e. The molecule has 1 aliphatic carbocycles. The molecule has 1 aliphatic heterocycles. The van der Waals surface area contributed by atoms with E-state index < -0.39 is 5.97 Å². The Bertz CT molecular complexity index is 400. The highest BCUT2D eigenvalue weighted by Crippen LogP contribution is 2.40. The first-order valence-corrected chi connectivity index (χ1v) is 6.55. The fourth-order valence-electron chi connectivity index (χ4n) is 3.00. The molecule has 0 unspecified atom stereocenters. The zero-order chi connectivity index (χ0) is 13.0. The van der Waals surface area contributed by atoms with E-state index in [0.29, 0.717) is 13.0 Å². The van der Waals surface area contributed by atoms with E-state index in [1.54, 1.807) is 0 Å². The third kappa shape index (κ3) is 2.56. The second-order valence-corrected chi connectivity index (χ2v) is 5.07. The van der Waals surface area contributed by atoms with Crippen LogP contribution in [0.4, 0.5) is 0 Å². The molecule has 2 aliphatic rings. The van der Waals surface area contributed by atoms with Crippen LogP contribution >= 0.6 is 0 Å². The van der Waals surface area contributed by atoms with Crippen molar-refractivity contribution in [1.82, 2.24) is 0 Å². The second-order valence-electron chi connectivity index (χ2n) is 5.07. The first-order chi connectivity index (χ1) is 8.71. The quantitative estimate of drug-likeness (QED) is 0.407. The first-order valence-electron chi connectivity index (χ1n) is 6.55. The van der Waals surface area contributed by atoms with Gasteiger partial charge in [0.15, 0.2) is 0 Å². The Hall–Kier alpha value is -1.34. The zero-order valence-electron chi connectivity index (χ0n) is 10.8. The predicted octanol–water partition coefficient (Wildman–Crippen LogP) is 2.49. The van der Waals surface area contributed by atoms with Gasteiger partial charge >= 0.3 is 5.97 Å². The van der Waals surface area contributed by atoms with Gasteiger partial charge < -0.3 is 9.47 Å². The summed E-state index contributed by atoms with van der Waals surface area (Å²) in [6.07, 6.45) is 7.03. The number of hydrogen-bond acceptors (Lipinski definition) is 4. The molecule has 0 aromatic rings. The first kappa shape index (κ1) is 13.1. The maximum Gasteiger partial charge on any atom is 0.348 e. The number of carbonyl (C=O) groups excluding carboxylic acids is 1. The Balaban J connectivity index is 2.15. The van der Waals surface area contributed by atoms with Crippen LogP contribution in [0.5, 0.6) is 0 Å². The number of rotatable bonds is 1. The molecule has 1 spiro atoms. The summed E-state index contributed by atoms with van der Waals surface area (Å²) in [7, 11) is 1.31. The molecule has 0 amide bonds. The summed E-state index contributed by atoms with van der Waals surface area (Å²) in [6, 6.07) is 1.98. The van der Waals surface area contributed by atoms with Crippen molar-refractivity contribution in [2.45, 2.75) is 50.5 Å². The Morgan fingerprint density at radius 3 is 2.67 bits per heavy atom. The number of methoxy groups -OCH3 is 1. The molecule has 0 aromatic carbocycles. The van der Waals surface area contributed by atoms with Gasteiger partial charge in [-0.3, -0.25) is 0 Å². The average molecular weight is 249 g/mol. The average Bonchev–Trinajstić information content (AvgIpc) is 2.74. The minimum Gasteiger partial charge on any atom is -0.465 e. The van der Waals surface area contributed by atoms with Gasteiger partial charge in [-0.15, -0.1) is 0 Å². The molecule has 1 saturated heterocycles. The highest BCUT2D eigenvalue weighted by atomic mass is 16.5. The van der Waals surface area contributed by atoms with E-state index in [2.05, 4.69) is 4.74 Å². The van der Waals surface area contributed by atoms with E-state index in [1.807, 2.05) is 6.07 Å². The van der Waals surface area contributed by atoms with E-state index in [1.165, 1.54) is 20.0 Å². The summed E-state index contributed by atoms with van der Waals surface area (Å²) in [5.41, 5.74) is 1.09. The van der Waals surface area contributed by atoms with Crippen LogP contribution in [-0.4, -0.2) is 25.3 Å². The van der Waals surface area contributed by atoms with E-state index >= 15 is 0 Å². The fourth-order valence-corrected chi connectivity index (χ4v) is 3.00. The van der Waals surface area contributed by atoms with Gasteiger partial charge in [0, 0.05) is 0 Å². The van der Waals surface area contributed by atoms with Crippen molar-refractivity contribution in [2.75, 3.05) is 13.7 Å². The lowest BCUT2D eigenvalue weighted by molar-refractivity contribution is -0.135. The SMILES string of the molecule is COC(=O)/C(C#N)=C1/CCOC2(CCCC2)CC1. The lowest BCUT2D eigenvalue weighted by Gasteiger charge is -2.27. The third-order valence-corrected chi connectivity index (χ3v) is 4.06. The van der Waals surface area contributed by atoms with Gasteiger partial charge in [-0.1, -0.05) is 12.8 Å². The normalized spacial score (nSPS) is 25.3. The molecular formula is C14H19NO3. The second kappa shape index (κ2) is 5.53. The molecule has 0 bridgehead atoms. The monoisotopic (exact) mass is 249 g/mol. The predicted molar refractivity (Wildman–Crippen MR) is 65.7 cm³/mol. The van der Waals surface area contributed by atoms with Crippen LogP contribution in [0, 0.1) is 11.3 Å². The Labute approximate surface area is 108 Å². The van der Waals surface area contributed by atoms with Crippen LogP contribution in [-0.2, 0) is 14.3 Å². The number of nitrogens with zero attached hydrogens (tertiary/aromatic N) is 1. The van der Waals surface area contributed by atoms with Crippen LogP contribution in [0.2, 0.25) is 0 Å². The smallest absolute Gasteiger partial charge is 0.348 e. The summed E-state index contributed by atoms with van der Waals surface area (Å²) in [6.45, 7) is 0.609. The van der Waals surface area contributed by atoms with E-state index in [9.17, 15) is 4.79 Å². The molecule has 98 valence electrons. The molecule has 0 aromatic heterocycles. The number of esters is 1. The van der Waals surface area contributed by atoms with Crippen molar-refractivity contribution in [3.8, 4) is 6.07 Å². The van der Waals surface area contributed by atoms with E-state index in [4.69, 9.17) is 10.00 Å². The van der Waals surface area contributed by atoms with Gasteiger partial charge in [-0.2, -0.15) is 5.26 Å². The minimum absolute atomic E-state index is 0.0123. The highest BCUT2D eigenvalue weighted by Gasteiger charge is 2.36. The van der Waals surface area contributed by atoms with Gasteiger partial charge in [-0.25, -0.2) is 4.79 Å². The molecule has 18 heavy (non-hydrogen) atoms. The number of nitriles is 1. The number of hydrogen-bond donors (Lipinski definition) is 0. The summed E-state index contributed by atoms with van der Waals surface area (Å²) in [4.78, 5) is 11.5. The van der Waals surface area contributed by atoms with Gasteiger partial charge in [0.1, 0.15) is 11.6 Å². The zero-order valence-corrected chi connectivity index (χ0v) is 10.8. The van der Waals surface area contributed by atoms with E-state index in [0.717, 1.165) is 31.3 Å². The van der Waals surface area contributed by atoms with Gasteiger partial charge in [0.05, 0.1) is 19.3 Å². The van der Waals surface area contributed by atoms with Crippen molar-refractivity contribution in [3.05, 3.63) is 11.1 Å². The summed E-state index contributed by atoms with van der Waals surface area (Å²) in [5, 5.41) is 9.08. The molecule has 2 rings (SSSR count). The molecule has 2 fully saturated rings. The molecule has 0 radical (unpaired) electrons. The molecule has 1 heterocycles. The van der Waals surface area contributed by atoms with E-state index in [-0.39, 0.29) is 11.2 Å². The van der Waals surface area contributed by atoms with Crippen molar-refractivity contribution in [1.29, 1.82) is 5.26 Å². The van der Waals surface area contributed by atoms with Gasteiger partial charge in [0.25, 0.3) is 0 Å². The molecule has 4 heteroatoms. The molecular weight excluding hydrogens is 230 g/mol. The van der Waals surface area contributed by atoms with Crippen LogP contribution in [0.1, 0.15) is 44.9 Å². The lowest BCUT2D eigenvalue weighted by Crippen LogP contribution is -2.27. The van der Waals surface area contributed by atoms with Crippen LogP contribution in [0.3, 0.4) is 0 Å². The van der Waals surface area contributed by atoms with Crippen LogP contribution in [0.15, 0.2) is 11.1 Å². The van der Waals surface area contributed by atoms with Gasteiger partial charge in [0.2, 0.25) is 0 Å². The third-order valence-electron chi connectivity index (χ3n) is 4.06. The summed E-state index contributed by atoms with van der Waals surface area (Å²) in [5.74, 6) is -0.519. The highest BCUT2D eigenvalue weighted by molar-refractivity contribution is 5.93.